The smallest absolute Gasteiger partial charge is 0.0469 e. The Morgan fingerprint density at radius 2 is 1.47 bits per heavy atom. The summed E-state index contributed by atoms with van der Waals surface area (Å²) >= 11 is 0. The zero-order valence-electron chi connectivity index (χ0n) is 12.8. The first kappa shape index (κ1) is 16.9. The molecule has 1 unspecified atom stereocenters. The molecule has 0 rings (SSSR count). The second-order valence-electron chi connectivity index (χ2n) is 6.15. The Bertz CT molecular complexity index is 166. The van der Waals surface area contributed by atoms with Crippen LogP contribution in [-0.2, 0) is 4.74 Å². The normalized spacial score (nSPS) is 13.9. The van der Waals surface area contributed by atoms with E-state index in [1.165, 1.54) is 12.8 Å². The first-order chi connectivity index (χ1) is 7.93. The summed E-state index contributed by atoms with van der Waals surface area (Å²) in [5.41, 5.74) is 0. The molecule has 2 nitrogen and oxygen atoms in total. The molecule has 0 saturated heterocycles. The minimum Gasteiger partial charge on any atom is -0.381 e. The lowest BCUT2D eigenvalue weighted by Gasteiger charge is -2.22. The zero-order chi connectivity index (χ0) is 13.3. The van der Waals surface area contributed by atoms with Crippen molar-refractivity contribution in [2.45, 2.75) is 60.4 Å². The van der Waals surface area contributed by atoms with Crippen molar-refractivity contribution in [1.29, 1.82) is 0 Å². The third kappa shape index (κ3) is 10.8. The number of hydrogen-bond acceptors (Lipinski definition) is 2. The van der Waals surface area contributed by atoms with Gasteiger partial charge in [0.1, 0.15) is 0 Å². The van der Waals surface area contributed by atoms with Gasteiger partial charge in [-0.3, -0.25) is 0 Å². The topological polar surface area (TPSA) is 21.3 Å². The van der Waals surface area contributed by atoms with Crippen molar-refractivity contribution in [1.82, 2.24) is 5.32 Å². The average Bonchev–Trinajstić information content (AvgIpc) is 2.20. The SMILES string of the molecule is CC(C)CCOCCC(CNC(C)C)C(C)C. The van der Waals surface area contributed by atoms with Crippen LogP contribution in [0.5, 0.6) is 0 Å². The van der Waals surface area contributed by atoms with Gasteiger partial charge in [-0.15, -0.1) is 0 Å². The molecule has 0 bridgehead atoms. The van der Waals surface area contributed by atoms with E-state index in [9.17, 15) is 0 Å². The highest BCUT2D eigenvalue weighted by Crippen LogP contribution is 2.14. The summed E-state index contributed by atoms with van der Waals surface area (Å²) in [6.07, 6.45) is 2.35. The highest BCUT2D eigenvalue weighted by Gasteiger charge is 2.13. The van der Waals surface area contributed by atoms with Gasteiger partial charge in [0.2, 0.25) is 0 Å². The maximum absolute atomic E-state index is 5.70. The van der Waals surface area contributed by atoms with E-state index in [0.717, 1.165) is 37.5 Å². The predicted molar refractivity (Wildman–Crippen MR) is 76.4 cm³/mol. The highest BCUT2D eigenvalue weighted by atomic mass is 16.5. The van der Waals surface area contributed by atoms with E-state index >= 15 is 0 Å². The van der Waals surface area contributed by atoms with Crippen molar-refractivity contribution in [3.8, 4) is 0 Å². The summed E-state index contributed by atoms with van der Waals surface area (Å²) in [6, 6.07) is 0.582. The van der Waals surface area contributed by atoms with Gasteiger partial charge in [-0.1, -0.05) is 41.5 Å². The van der Waals surface area contributed by atoms with Crippen LogP contribution in [0.25, 0.3) is 0 Å². The molecular formula is C15H33NO. The summed E-state index contributed by atoms with van der Waals surface area (Å²) in [5, 5.41) is 3.53. The van der Waals surface area contributed by atoms with Gasteiger partial charge in [0.25, 0.3) is 0 Å². The second kappa shape index (κ2) is 9.90. The van der Waals surface area contributed by atoms with Gasteiger partial charge in [-0.25, -0.2) is 0 Å². The molecule has 0 fully saturated rings. The third-order valence-corrected chi connectivity index (χ3v) is 3.20. The summed E-state index contributed by atoms with van der Waals surface area (Å²) in [5.74, 6) is 2.21. The standard InChI is InChI=1S/C15H33NO/c1-12(2)7-9-17-10-8-15(13(3)4)11-16-14(5)6/h12-16H,7-11H2,1-6H3. The minimum absolute atomic E-state index is 0.582. The number of rotatable bonds is 10. The number of nitrogens with one attached hydrogen (secondary N) is 1. The van der Waals surface area contributed by atoms with Crippen molar-refractivity contribution in [2.75, 3.05) is 19.8 Å². The molecule has 1 atom stereocenters. The first-order valence-electron chi connectivity index (χ1n) is 7.24. The number of ether oxygens (including phenoxy) is 1. The van der Waals surface area contributed by atoms with Crippen molar-refractivity contribution >= 4 is 0 Å². The molecule has 0 aliphatic heterocycles. The Morgan fingerprint density at radius 1 is 0.882 bits per heavy atom. The quantitative estimate of drug-likeness (QED) is 0.591. The van der Waals surface area contributed by atoms with Gasteiger partial charge >= 0.3 is 0 Å². The van der Waals surface area contributed by atoms with E-state index in [1.54, 1.807) is 0 Å². The van der Waals surface area contributed by atoms with E-state index in [2.05, 4.69) is 46.9 Å². The Hall–Kier alpha value is -0.0800. The van der Waals surface area contributed by atoms with Crippen molar-refractivity contribution in [3.05, 3.63) is 0 Å². The molecule has 0 radical (unpaired) electrons. The van der Waals surface area contributed by atoms with Gasteiger partial charge in [0, 0.05) is 19.3 Å². The fraction of sp³-hybridized carbons (Fsp3) is 1.00. The van der Waals surface area contributed by atoms with Crippen molar-refractivity contribution in [2.24, 2.45) is 17.8 Å². The fourth-order valence-electron chi connectivity index (χ4n) is 1.71. The lowest BCUT2D eigenvalue weighted by atomic mass is 9.92. The summed E-state index contributed by atoms with van der Waals surface area (Å²) in [6.45, 7) is 16.5. The van der Waals surface area contributed by atoms with E-state index in [0.29, 0.717) is 6.04 Å². The van der Waals surface area contributed by atoms with Crippen molar-refractivity contribution in [3.63, 3.8) is 0 Å². The summed E-state index contributed by atoms with van der Waals surface area (Å²) in [7, 11) is 0. The highest BCUT2D eigenvalue weighted by molar-refractivity contribution is 4.67. The summed E-state index contributed by atoms with van der Waals surface area (Å²) in [4.78, 5) is 0. The minimum atomic E-state index is 0.582. The van der Waals surface area contributed by atoms with Gasteiger partial charge in [-0.2, -0.15) is 0 Å². The molecule has 0 aromatic carbocycles. The summed E-state index contributed by atoms with van der Waals surface area (Å²) < 4.78 is 5.70. The molecule has 2 heteroatoms. The van der Waals surface area contributed by atoms with Crippen LogP contribution in [0.4, 0.5) is 0 Å². The number of hydrogen-bond donors (Lipinski definition) is 1. The van der Waals surface area contributed by atoms with Crippen LogP contribution in [0, 0.1) is 17.8 Å². The van der Waals surface area contributed by atoms with E-state index in [1.807, 2.05) is 0 Å². The molecule has 1 N–H and O–H groups in total. The molecule has 0 aromatic heterocycles. The maximum atomic E-state index is 5.70. The fourth-order valence-corrected chi connectivity index (χ4v) is 1.71. The van der Waals surface area contributed by atoms with Crippen LogP contribution >= 0.6 is 0 Å². The third-order valence-electron chi connectivity index (χ3n) is 3.20. The maximum Gasteiger partial charge on any atom is 0.0469 e. The molecular weight excluding hydrogens is 210 g/mol. The molecule has 0 aliphatic carbocycles. The lowest BCUT2D eigenvalue weighted by Crippen LogP contribution is -2.31. The lowest BCUT2D eigenvalue weighted by molar-refractivity contribution is 0.103. The van der Waals surface area contributed by atoms with Crippen molar-refractivity contribution < 1.29 is 4.74 Å². The van der Waals surface area contributed by atoms with E-state index < -0.39 is 0 Å². The molecule has 0 spiro atoms. The van der Waals surface area contributed by atoms with Crippen LogP contribution in [0.15, 0.2) is 0 Å². The predicted octanol–water partition coefficient (Wildman–Crippen LogP) is 3.71. The van der Waals surface area contributed by atoms with Gasteiger partial charge in [0.15, 0.2) is 0 Å². The second-order valence-corrected chi connectivity index (χ2v) is 6.15. The Balaban J connectivity index is 3.63. The van der Waals surface area contributed by atoms with E-state index in [-0.39, 0.29) is 0 Å². The van der Waals surface area contributed by atoms with Crippen LogP contribution in [0.1, 0.15) is 54.4 Å². The average molecular weight is 243 g/mol. The van der Waals surface area contributed by atoms with Crippen LogP contribution in [0.2, 0.25) is 0 Å². The molecule has 0 aromatic rings. The van der Waals surface area contributed by atoms with Gasteiger partial charge < -0.3 is 10.1 Å². The van der Waals surface area contributed by atoms with Gasteiger partial charge in [0.05, 0.1) is 0 Å². The Morgan fingerprint density at radius 3 is 1.94 bits per heavy atom. The zero-order valence-corrected chi connectivity index (χ0v) is 12.8. The monoisotopic (exact) mass is 243 g/mol. The van der Waals surface area contributed by atoms with Crippen LogP contribution < -0.4 is 5.32 Å². The van der Waals surface area contributed by atoms with Crippen LogP contribution in [0.3, 0.4) is 0 Å². The largest absolute Gasteiger partial charge is 0.381 e. The Kier molecular flexibility index (Phi) is 9.85. The molecule has 0 amide bonds. The molecule has 0 saturated carbocycles. The van der Waals surface area contributed by atoms with E-state index in [4.69, 9.17) is 4.74 Å². The Labute approximate surface area is 109 Å². The first-order valence-corrected chi connectivity index (χ1v) is 7.24. The molecule has 17 heavy (non-hydrogen) atoms. The molecule has 104 valence electrons. The molecule has 0 aliphatic rings. The van der Waals surface area contributed by atoms with Crippen LogP contribution in [-0.4, -0.2) is 25.8 Å². The van der Waals surface area contributed by atoms with Gasteiger partial charge in [-0.05, 0) is 37.1 Å². The molecule has 0 heterocycles.